The van der Waals surface area contributed by atoms with Gasteiger partial charge < -0.3 is 15.2 Å². The minimum absolute atomic E-state index is 0.161. The summed E-state index contributed by atoms with van der Waals surface area (Å²) in [6.45, 7) is 3.10. The first-order chi connectivity index (χ1) is 7.68. The fourth-order valence-electron chi connectivity index (χ4n) is 2.51. The second-order valence-corrected chi connectivity index (χ2v) is 4.82. The molecule has 0 atom stereocenters. The maximum Gasteiger partial charge on any atom is 0.305 e. The van der Waals surface area contributed by atoms with Gasteiger partial charge in [-0.05, 0) is 12.8 Å². The van der Waals surface area contributed by atoms with Crippen molar-refractivity contribution in [1.29, 1.82) is 0 Å². The third-order valence-corrected chi connectivity index (χ3v) is 3.52. The highest BCUT2D eigenvalue weighted by atomic mass is 16.5. The van der Waals surface area contributed by atoms with Gasteiger partial charge in [-0.1, -0.05) is 0 Å². The van der Waals surface area contributed by atoms with Gasteiger partial charge in [-0.25, -0.2) is 0 Å². The van der Waals surface area contributed by atoms with E-state index in [1.165, 1.54) is 12.8 Å². The summed E-state index contributed by atoms with van der Waals surface area (Å²) in [5.41, 5.74) is -0.161. The van der Waals surface area contributed by atoms with Gasteiger partial charge in [0, 0.05) is 32.8 Å². The molecule has 1 saturated carbocycles. The fourth-order valence-corrected chi connectivity index (χ4v) is 2.51. The van der Waals surface area contributed by atoms with Crippen LogP contribution in [0.2, 0.25) is 0 Å². The Morgan fingerprint density at radius 2 is 2.25 bits per heavy atom. The van der Waals surface area contributed by atoms with Gasteiger partial charge in [-0.2, -0.15) is 0 Å². The topological polar surface area (TPSA) is 61.8 Å². The lowest BCUT2D eigenvalue weighted by molar-refractivity contribution is -0.142. The minimum Gasteiger partial charge on any atom is -0.481 e. The lowest BCUT2D eigenvalue weighted by Crippen LogP contribution is -2.70. The van der Waals surface area contributed by atoms with Crippen molar-refractivity contribution in [3.63, 3.8) is 0 Å². The van der Waals surface area contributed by atoms with Crippen LogP contribution >= 0.6 is 0 Å². The van der Waals surface area contributed by atoms with Crippen molar-refractivity contribution in [3.05, 3.63) is 0 Å². The van der Waals surface area contributed by atoms with E-state index in [0.717, 1.165) is 19.6 Å². The van der Waals surface area contributed by atoms with Crippen LogP contribution in [-0.2, 0) is 9.53 Å². The first kappa shape index (κ1) is 11.8. The van der Waals surface area contributed by atoms with Gasteiger partial charge in [0.25, 0.3) is 0 Å². The Bertz CT molecular complexity index is 262. The molecular formula is C11H20N2O3. The van der Waals surface area contributed by atoms with Gasteiger partial charge in [0.05, 0.1) is 18.6 Å². The summed E-state index contributed by atoms with van der Waals surface area (Å²) in [5, 5.41) is 12.2. The van der Waals surface area contributed by atoms with Crippen LogP contribution in [0.5, 0.6) is 0 Å². The van der Waals surface area contributed by atoms with Crippen molar-refractivity contribution in [2.24, 2.45) is 0 Å². The molecule has 2 rings (SSSR count). The van der Waals surface area contributed by atoms with Crippen LogP contribution < -0.4 is 5.32 Å². The van der Waals surface area contributed by atoms with E-state index in [1.54, 1.807) is 7.11 Å². The van der Waals surface area contributed by atoms with Gasteiger partial charge >= 0.3 is 5.97 Å². The number of hydrogen-bond donors (Lipinski definition) is 2. The quantitative estimate of drug-likeness (QED) is 0.638. The van der Waals surface area contributed by atoms with E-state index in [2.05, 4.69) is 10.2 Å². The number of carbonyl (C=O) groups is 1. The molecule has 0 aromatic carbocycles. The lowest BCUT2D eigenvalue weighted by Gasteiger charge is -2.50. The largest absolute Gasteiger partial charge is 0.481 e. The van der Waals surface area contributed by atoms with Crippen molar-refractivity contribution in [2.75, 3.05) is 33.4 Å². The summed E-state index contributed by atoms with van der Waals surface area (Å²) in [7, 11) is 1.69. The Hall–Kier alpha value is -0.650. The van der Waals surface area contributed by atoms with E-state index in [0.29, 0.717) is 12.6 Å². The first-order valence-electron chi connectivity index (χ1n) is 5.86. The Kier molecular flexibility index (Phi) is 3.47. The van der Waals surface area contributed by atoms with E-state index in [1.807, 2.05) is 0 Å². The standard InChI is InChI=1S/C11H20N2O3/c1-16-5-4-13(9-2-3-9)11(6-10(14)15)7-12-8-11/h9,12H,2-8H2,1H3,(H,14,15). The van der Waals surface area contributed by atoms with Crippen molar-refractivity contribution < 1.29 is 14.6 Å². The maximum atomic E-state index is 10.9. The van der Waals surface area contributed by atoms with Gasteiger partial charge in [-0.15, -0.1) is 0 Å². The predicted octanol–water partition coefficient (Wildman–Crippen LogP) is -0.0861. The highest BCUT2D eigenvalue weighted by molar-refractivity contribution is 5.69. The molecular weight excluding hydrogens is 208 g/mol. The number of carboxylic acids is 1. The molecule has 2 fully saturated rings. The fraction of sp³-hybridized carbons (Fsp3) is 0.909. The molecule has 2 N–H and O–H groups in total. The van der Waals surface area contributed by atoms with Gasteiger partial charge in [0.2, 0.25) is 0 Å². The smallest absolute Gasteiger partial charge is 0.305 e. The van der Waals surface area contributed by atoms with Crippen LogP contribution in [-0.4, -0.2) is 60.9 Å². The molecule has 2 aliphatic rings. The van der Waals surface area contributed by atoms with E-state index in [4.69, 9.17) is 9.84 Å². The lowest BCUT2D eigenvalue weighted by atomic mass is 9.86. The molecule has 0 bridgehead atoms. The second kappa shape index (κ2) is 4.69. The van der Waals surface area contributed by atoms with E-state index in [9.17, 15) is 4.79 Å². The number of carboxylic acid groups (broad SMARTS) is 1. The Balaban J connectivity index is 2.00. The normalized spacial score (nSPS) is 23.1. The van der Waals surface area contributed by atoms with Gasteiger partial charge in [0.15, 0.2) is 0 Å². The average molecular weight is 228 g/mol. The van der Waals surface area contributed by atoms with Crippen LogP contribution in [0.15, 0.2) is 0 Å². The molecule has 92 valence electrons. The molecule has 0 spiro atoms. The van der Waals surface area contributed by atoms with Gasteiger partial charge in [0.1, 0.15) is 0 Å². The highest BCUT2D eigenvalue weighted by Gasteiger charge is 2.49. The van der Waals surface area contributed by atoms with Crippen LogP contribution in [0.1, 0.15) is 19.3 Å². The summed E-state index contributed by atoms with van der Waals surface area (Å²) in [5.74, 6) is -0.704. The number of rotatable bonds is 7. The number of nitrogens with one attached hydrogen (secondary N) is 1. The molecule has 5 nitrogen and oxygen atoms in total. The predicted molar refractivity (Wildman–Crippen MR) is 59.5 cm³/mol. The Labute approximate surface area is 95.8 Å². The summed E-state index contributed by atoms with van der Waals surface area (Å²) in [4.78, 5) is 13.3. The molecule has 0 unspecified atom stereocenters. The zero-order valence-electron chi connectivity index (χ0n) is 9.74. The van der Waals surface area contributed by atoms with E-state index < -0.39 is 5.97 Å². The van der Waals surface area contributed by atoms with Crippen molar-refractivity contribution in [3.8, 4) is 0 Å². The third-order valence-electron chi connectivity index (χ3n) is 3.52. The highest BCUT2D eigenvalue weighted by Crippen LogP contribution is 2.36. The van der Waals surface area contributed by atoms with Crippen LogP contribution in [0, 0.1) is 0 Å². The van der Waals surface area contributed by atoms with Crippen LogP contribution in [0.25, 0.3) is 0 Å². The van der Waals surface area contributed by atoms with Crippen LogP contribution in [0.4, 0.5) is 0 Å². The first-order valence-corrected chi connectivity index (χ1v) is 5.86. The van der Waals surface area contributed by atoms with Crippen molar-refractivity contribution in [2.45, 2.75) is 30.8 Å². The maximum absolute atomic E-state index is 10.9. The molecule has 1 saturated heterocycles. The van der Waals surface area contributed by atoms with E-state index >= 15 is 0 Å². The molecule has 0 aromatic rings. The molecule has 0 aromatic heterocycles. The number of methoxy groups -OCH3 is 1. The number of hydrogen-bond acceptors (Lipinski definition) is 4. The molecule has 1 aliphatic heterocycles. The zero-order valence-corrected chi connectivity index (χ0v) is 9.74. The Morgan fingerprint density at radius 1 is 1.56 bits per heavy atom. The van der Waals surface area contributed by atoms with E-state index in [-0.39, 0.29) is 12.0 Å². The zero-order chi connectivity index (χ0) is 11.6. The average Bonchev–Trinajstić information content (AvgIpc) is 2.97. The second-order valence-electron chi connectivity index (χ2n) is 4.82. The molecule has 1 heterocycles. The molecule has 0 amide bonds. The van der Waals surface area contributed by atoms with Crippen molar-refractivity contribution >= 4 is 5.97 Å². The Morgan fingerprint density at radius 3 is 2.62 bits per heavy atom. The summed E-state index contributed by atoms with van der Waals surface area (Å²) in [6, 6.07) is 0.580. The molecule has 16 heavy (non-hydrogen) atoms. The SMILES string of the molecule is COCCN(C1CC1)C1(CC(=O)O)CNC1. The van der Waals surface area contributed by atoms with Crippen molar-refractivity contribution in [1.82, 2.24) is 10.2 Å². The number of nitrogens with zero attached hydrogens (tertiary/aromatic N) is 1. The summed E-state index contributed by atoms with van der Waals surface area (Å²) < 4.78 is 5.11. The monoisotopic (exact) mass is 228 g/mol. The third kappa shape index (κ3) is 2.36. The minimum atomic E-state index is -0.704. The summed E-state index contributed by atoms with van der Waals surface area (Å²) in [6.07, 6.45) is 2.64. The number of aliphatic carboxylic acids is 1. The summed E-state index contributed by atoms with van der Waals surface area (Å²) >= 11 is 0. The molecule has 5 heteroatoms. The van der Waals surface area contributed by atoms with Gasteiger partial charge in [-0.3, -0.25) is 9.69 Å². The number of ether oxygens (including phenoxy) is 1. The molecule has 0 radical (unpaired) electrons. The molecule has 1 aliphatic carbocycles. The van der Waals surface area contributed by atoms with Crippen LogP contribution in [0.3, 0.4) is 0 Å².